The normalized spacial score (nSPS) is 11.3. The number of benzene rings is 8. The molecule has 9 aromatic rings. The molecule has 0 spiro atoms. The summed E-state index contributed by atoms with van der Waals surface area (Å²) < 4.78 is 2.59. The van der Waals surface area contributed by atoms with Gasteiger partial charge in [0.15, 0.2) is 0 Å². The highest BCUT2D eigenvalue weighted by Crippen LogP contribution is 2.45. The van der Waals surface area contributed by atoms with Gasteiger partial charge in [0.25, 0.3) is 0 Å². The number of hydrogen-bond acceptors (Lipinski definition) is 2. The fourth-order valence-electron chi connectivity index (χ4n) is 6.84. The van der Waals surface area contributed by atoms with Crippen LogP contribution in [-0.2, 0) is 0 Å². The first-order chi connectivity index (χ1) is 23.8. The molecule has 0 N–H and O–H groups in total. The van der Waals surface area contributed by atoms with Crippen LogP contribution in [0.5, 0.6) is 0 Å². The van der Waals surface area contributed by atoms with Crippen molar-refractivity contribution in [1.29, 1.82) is 0 Å². The van der Waals surface area contributed by atoms with E-state index in [0.717, 1.165) is 11.4 Å². The molecular formula is C46H31NS. The van der Waals surface area contributed by atoms with Gasteiger partial charge >= 0.3 is 0 Å². The Morgan fingerprint density at radius 3 is 1.75 bits per heavy atom. The van der Waals surface area contributed by atoms with Gasteiger partial charge in [0, 0.05) is 26.8 Å². The largest absolute Gasteiger partial charge is 0.309 e. The van der Waals surface area contributed by atoms with Gasteiger partial charge in [0.2, 0.25) is 0 Å². The van der Waals surface area contributed by atoms with E-state index in [1.54, 1.807) is 0 Å². The number of fused-ring (bicyclic) bond motifs is 4. The molecule has 0 aliphatic carbocycles. The Kier molecular flexibility index (Phi) is 7.07. The Bertz CT molecular complexity index is 2560. The predicted octanol–water partition coefficient (Wildman–Crippen LogP) is 13.7. The van der Waals surface area contributed by atoms with E-state index in [1.165, 1.54) is 70.0 Å². The van der Waals surface area contributed by atoms with Crippen LogP contribution in [0.2, 0.25) is 0 Å². The molecule has 1 aromatic heterocycles. The van der Waals surface area contributed by atoms with Gasteiger partial charge in [-0.25, -0.2) is 0 Å². The lowest BCUT2D eigenvalue weighted by molar-refractivity contribution is 1.30. The zero-order valence-corrected chi connectivity index (χ0v) is 27.1. The maximum atomic E-state index is 2.42. The molecule has 0 bridgehead atoms. The van der Waals surface area contributed by atoms with Crippen LogP contribution in [-0.4, -0.2) is 0 Å². The molecule has 0 aliphatic rings. The number of hydrogen-bond donors (Lipinski definition) is 0. The van der Waals surface area contributed by atoms with E-state index in [1.807, 2.05) is 11.3 Å². The van der Waals surface area contributed by atoms with E-state index in [2.05, 4.69) is 193 Å². The monoisotopic (exact) mass is 629 g/mol. The second-order valence-electron chi connectivity index (χ2n) is 12.2. The van der Waals surface area contributed by atoms with Crippen LogP contribution < -0.4 is 4.90 Å². The van der Waals surface area contributed by atoms with Crippen molar-refractivity contribution in [2.24, 2.45) is 0 Å². The standard InChI is InChI=1S/C46H31NS/c1-2-11-32(12-3-1)36-15-8-16-37(29-36)34-25-27-40(28-26-34)47(44-21-10-20-43-42-19-6-7-22-45(42)48-46(43)44)41-18-9-17-38(31-41)39-24-23-33-13-4-5-14-35(33)30-39/h1-31H. The summed E-state index contributed by atoms with van der Waals surface area (Å²) in [4.78, 5) is 2.42. The predicted molar refractivity (Wildman–Crippen MR) is 208 cm³/mol. The first-order valence-electron chi connectivity index (χ1n) is 16.3. The first-order valence-corrected chi connectivity index (χ1v) is 17.2. The highest BCUT2D eigenvalue weighted by atomic mass is 32.1. The Morgan fingerprint density at radius 2 is 0.917 bits per heavy atom. The smallest absolute Gasteiger partial charge is 0.0640 e. The van der Waals surface area contributed by atoms with E-state index in [9.17, 15) is 0 Å². The Hall–Kier alpha value is -5.96. The summed E-state index contributed by atoms with van der Waals surface area (Å²) in [7, 11) is 0. The van der Waals surface area contributed by atoms with Crippen molar-refractivity contribution in [2.45, 2.75) is 0 Å². The molecule has 9 rings (SSSR count). The molecule has 8 aromatic carbocycles. The van der Waals surface area contributed by atoms with Crippen molar-refractivity contribution in [1.82, 2.24) is 0 Å². The molecule has 2 heteroatoms. The molecule has 0 unspecified atom stereocenters. The van der Waals surface area contributed by atoms with Crippen LogP contribution in [0.15, 0.2) is 188 Å². The lowest BCUT2D eigenvalue weighted by atomic mass is 9.98. The molecule has 0 saturated carbocycles. The average Bonchev–Trinajstić information content (AvgIpc) is 3.55. The maximum absolute atomic E-state index is 2.42. The summed E-state index contributed by atoms with van der Waals surface area (Å²) in [6.45, 7) is 0. The lowest BCUT2D eigenvalue weighted by Crippen LogP contribution is -2.10. The third-order valence-corrected chi connectivity index (χ3v) is 10.4. The first kappa shape index (κ1) is 28.3. The summed E-state index contributed by atoms with van der Waals surface area (Å²) in [5, 5.41) is 5.10. The molecular weight excluding hydrogens is 599 g/mol. The van der Waals surface area contributed by atoms with Crippen molar-refractivity contribution >= 4 is 59.3 Å². The summed E-state index contributed by atoms with van der Waals surface area (Å²) in [5.41, 5.74) is 10.7. The van der Waals surface area contributed by atoms with E-state index in [0.29, 0.717) is 0 Å². The second-order valence-corrected chi connectivity index (χ2v) is 13.2. The number of nitrogens with zero attached hydrogens (tertiary/aromatic N) is 1. The molecule has 0 aliphatic heterocycles. The summed E-state index contributed by atoms with van der Waals surface area (Å²) >= 11 is 1.87. The topological polar surface area (TPSA) is 3.24 Å². The van der Waals surface area contributed by atoms with E-state index in [4.69, 9.17) is 0 Å². The molecule has 0 atom stereocenters. The zero-order valence-electron chi connectivity index (χ0n) is 26.3. The minimum absolute atomic E-state index is 1.12. The van der Waals surface area contributed by atoms with Gasteiger partial charge < -0.3 is 4.90 Å². The van der Waals surface area contributed by atoms with Crippen LogP contribution in [0.4, 0.5) is 17.1 Å². The van der Waals surface area contributed by atoms with Crippen molar-refractivity contribution in [3.63, 3.8) is 0 Å². The number of thiophene rings is 1. The van der Waals surface area contributed by atoms with Gasteiger partial charge in [-0.05, 0) is 92.7 Å². The van der Waals surface area contributed by atoms with Crippen LogP contribution in [0.3, 0.4) is 0 Å². The Labute approximate surface area is 284 Å². The molecule has 0 radical (unpaired) electrons. The molecule has 48 heavy (non-hydrogen) atoms. The van der Waals surface area contributed by atoms with Gasteiger partial charge in [-0.2, -0.15) is 0 Å². The highest BCUT2D eigenvalue weighted by molar-refractivity contribution is 7.26. The molecule has 1 heterocycles. The number of rotatable bonds is 6. The van der Waals surface area contributed by atoms with Crippen LogP contribution in [0, 0.1) is 0 Å². The van der Waals surface area contributed by atoms with Gasteiger partial charge in [-0.3, -0.25) is 0 Å². The molecule has 0 amide bonds. The summed E-state index contributed by atoms with van der Waals surface area (Å²) in [5.74, 6) is 0. The molecule has 226 valence electrons. The summed E-state index contributed by atoms with van der Waals surface area (Å²) in [6.07, 6.45) is 0. The van der Waals surface area contributed by atoms with Crippen LogP contribution in [0.1, 0.15) is 0 Å². The van der Waals surface area contributed by atoms with Gasteiger partial charge in [-0.1, -0.05) is 140 Å². The minimum Gasteiger partial charge on any atom is -0.309 e. The Morgan fingerprint density at radius 1 is 0.333 bits per heavy atom. The Balaban J connectivity index is 1.18. The van der Waals surface area contributed by atoms with Crippen molar-refractivity contribution in [3.05, 3.63) is 188 Å². The highest BCUT2D eigenvalue weighted by Gasteiger charge is 2.19. The quantitative estimate of drug-likeness (QED) is 0.177. The number of anilines is 3. The third kappa shape index (κ3) is 5.13. The van der Waals surface area contributed by atoms with E-state index < -0.39 is 0 Å². The molecule has 0 saturated heterocycles. The van der Waals surface area contributed by atoms with E-state index >= 15 is 0 Å². The van der Waals surface area contributed by atoms with E-state index in [-0.39, 0.29) is 0 Å². The van der Waals surface area contributed by atoms with Gasteiger partial charge in [0.05, 0.1) is 10.4 Å². The maximum Gasteiger partial charge on any atom is 0.0640 e. The molecule has 0 fully saturated rings. The van der Waals surface area contributed by atoms with Crippen molar-refractivity contribution in [2.75, 3.05) is 4.90 Å². The second kappa shape index (κ2) is 12.0. The van der Waals surface area contributed by atoms with Crippen molar-refractivity contribution < 1.29 is 0 Å². The van der Waals surface area contributed by atoms with Crippen molar-refractivity contribution in [3.8, 4) is 33.4 Å². The summed E-state index contributed by atoms with van der Waals surface area (Å²) in [6, 6.07) is 68.2. The zero-order chi connectivity index (χ0) is 31.9. The lowest BCUT2D eigenvalue weighted by Gasteiger charge is -2.27. The van der Waals surface area contributed by atoms with Crippen LogP contribution in [0.25, 0.3) is 64.3 Å². The van der Waals surface area contributed by atoms with Gasteiger partial charge in [-0.15, -0.1) is 11.3 Å². The average molecular weight is 630 g/mol. The molecule has 1 nitrogen and oxygen atoms in total. The third-order valence-electron chi connectivity index (χ3n) is 9.24. The van der Waals surface area contributed by atoms with Crippen LogP contribution >= 0.6 is 11.3 Å². The fourth-order valence-corrected chi connectivity index (χ4v) is 8.05. The fraction of sp³-hybridized carbons (Fsp3) is 0. The SMILES string of the molecule is c1ccc(-c2cccc(-c3ccc(N(c4cccc(-c5ccc6ccccc6c5)c4)c4cccc5c4sc4ccccc45)cc3)c2)cc1. The van der Waals surface area contributed by atoms with Gasteiger partial charge in [0.1, 0.15) is 0 Å². The minimum atomic E-state index is 1.12.